The van der Waals surface area contributed by atoms with Crippen LogP contribution < -0.4 is 26.6 Å². The van der Waals surface area contributed by atoms with Crippen LogP contribution in [0.5, 0.6) is 0 Å². The van der Waals surface area contributed by atoms with Crippen molar-refractivity contribution >= 4 is 47.0 Å². The molecule has 0 heterocycles. The van der Waals surface area contributed by atoms with Crippen molar-refractivity contribution in [3.05, 3.63) is 53.4 Å². The molecule has 1 aliphatic carbocycles. The summed E-state index contributed by atoms with van der Waals surface area (Å²) in [6.07, 6.45) is -1.91. The fourth-order valence-corrected chi connectivity index (χ4v) is 5.34. The van der Waals surface area contributed by atoms with E-state index in [1.807, 2.05) is 20.8 Å². The SMILES string of the molecule is COC(=O)C[C@H](NC(=O)C(=O)Nc1ccccc1C(C)(C)C)C(=O)N[C@H](C(=O)N[C@@H](C)C(=O)NC(CC(O)OC)C(=O)COCC1=C(F)C=CCC1F)C(C)C. The molecule has 6 atom stereocenters. The van der Waals surface area contributed by atoms with Gasteiger partial charge in [-0.15, -0.1) is 0 Å². The van der Waals surface area contributed by atoms with Crippen molar-refractivity contribution in [2.24, 2.45) is 5.92 Å². The molecule has 0 saturated carbocycles. The number of esters is 1. The van der Waals surface area contributed by atoms with Crippen LogP contribution in [0.15, 0.2) is 47.8 Å². The summed E-state index contributed by atoms with van der Waals surface area (Å²) in [7, 11) is 2.21. The number of halogens is 2. The van der Waals surface area contributed by atoms with Crippen LogP contribution in [0.3, 0.4) is 0 Å². The molecular formula is C38H53F2N5O11. The normalized spacial score (nSPS) is 16.8. The number of aliphatic hydroxyl groups is 1. The fourth-order valence-electron chi connectivity index (χ4n) is 5.34. The Labute approximate surface area is 324 Å². The minimum absolute atomic E-state index is 0.0546. The highest BCUT2D eigenvalue weighted by atomic mass is 19.1. The van der Waals surface area contributed by atoms with Gasteiger partial charge in [-0.1, -0.05) is 58.9 Å². The number of amides is 5. The monoisotopic (exact) mass is 793 g/mol. The van der Waals surface area contributed by atoms with Crippen LogP contribution in [0.4, 0.5) is 14.5 Å². The Bertz CT molecular complexity index is 1660. The lowest BCUT2D eigenvalue weighted by Gasteiger charge is -2.27. The van der Waals surface area contributed by atoms with Gasteiger partial charge in [-0.3, -0.25) is 33.6 Å². The minimum atomic E-state index is -1.66. The largest absolute Gasteiger partial charge is 0.469 e. The van der Waals surface area contributed by atoms with E-state index in [4.69, 9.17) is 9.47 Å². The van der Waals surface area contributed by atoms with Crippen molar-refractivity contribution in [1.82, 2.24) is 21.3 Å². The van der Waals surface area contributed by atoms with Crippen LogP contribution in [0.2, 0.25) is 0 Å². The lowest BCUT2D eigenvalue weighted by molar-refractivity contribution is -0.145. The number of Topliss-reactive ketones (excluding diaryl/α,β-unsaturated/α-hetero) is 1. The maximum absolute atomic E-state index is 14.1. The number of carbonyl (C=O) groups is 7. The smallest absolute Gasteiger partial charge is 0.313 e. The third kappa shape index (κ3) is 14.5. The van der Waals surface area contributed by atoms with Gasteiger partial charge in [0, 0.05) is 31.2 Å². The summed E-state index contributed by atoms with van der Waals surface area (Å²) >= 11 is 0. The molecule has 1 aliphatic rings. The van der Waals surface area contributed by atoms with Gasteiger partial charge in [0.2, 0.25) is 17.7 Å². The highest BCUT2D eigenvalue weighted by molar-refractivity contribution is 6.40. The number of methoxy groups -OCH3 is 2. The van der Waals surface area contributed by atoms with Gasteiger partial charge in [0.1, 0.15) is 36.7 Å². The Kier molecular flexibility index (Phi) is 18.4. The predicted molar refractivity (Wildman–Crippen MR) is 199 cm³/mol. The van der Waals surface area contributed by atoms with Crippen molar-refractivity contribution in [3.8, 4) is 0 Å². The minimum Gasteiger partial charge on any atom is -0.469 e. The molecule has 0 aromatic heterocycles. The molecule has 1 aromatic carbocycles. The van der Waals surface area contributed by atoms with Gasteiger partial charge < -0.3 is 45.9 Å². The number of benzene rings is 1. The van der Waals surface area contributed by atoms with Crippen LogP contribution >= 0.6 is 0 Å². The van der Waals surface area contributed by atoms with Crippen molar-refractivity contribution in [2.75, 3.05) is 32.8 Å². The summed E-state index contributed by atoms with van der Waals surface area (Å²) in [6.45, 7) is 8.94. The number of ketones is 1. The summed E-state index contributed by atoms with van der Waals surface area (Å²) < 4.78 is 42.8. The van der Waals surface area contributed by atoms with E-state index in [1.54, 1.807) is 38.1 Å². The van der Waals surface area contributed by atoms with Gasteiger partial charge in [0.05, 0.1) is 26.2 Å². The molecule has 0 saturated heterocycles. The van der Waals surface area contributed by atoms with Crippen molar-refractivity contribution in [1.29, 1.82) is 0 Å². The molecule has 0 bridgehead atoms. The molecule has 0 radical (unpaired) electrons. The van der Waals surface area contributed by atoms with E-state index in [-0.39, 0.29) is 12.0 Å². The molecule has 0 spiro atoms. The molecule has 2 rings (SSSR count). The molecule has 0 fully saturated rings. The third-order valence-corrected chi connectivity index (χ3v) is 8.62. The molecule has 16 nitrogen and oxygen atoms in total. The van der Waals surface area contributed by atoms with Gasteiger partial charge in [0.25, 0.3) is 0 Å². The zero-order valence-corrected chi connectivity index (χ0v) is 32.8. The average Bonchev–Trinajstić information content (AvgIpc) is 3.13. The highest BCUT2D eigenvalue weighted by Gasteiger charge is 2.34. The van der Waals surface area contributed by atoms with Crippen molar-refractivity contribution in [2.45, 2.75) is 103 Å². The lowest BCUT2D eigenvalue weighted by atomic mass is 9.86. The first-order chi connectivity index (χ1) is 26.2. The van der Waals surface area contributed by atoms with Gasteiger partial charge in [-0.2, -0.15) is 0 Å². The molecular weight excluding hydrogens is 740 g/mol. The van der Waals surface area contributed by atoms with Crippen LogP contribution in [0.25, 0.3) is 0 Å². The maximum atomic E-state index is 14.1. The number of ether oxygens (including phenoxy) is 3. The zero-order chi connectivity index (χ0) is 42.3. The number of aliphatic hydroxyl groups excluding tert-OH is 1. The number of para-hydroxylation sites is 1. The quantitative estimate of drug-likeness (QED) is 0.0670. The Morgan fingerprint density at radius 1 is 0.893 bits per heavy atom. The second-order valence-corrected chi connectivity index (χ2v) is 14.4. The lowest BCUT2D eigenvalue weighted by Crippen LogP contribution is -2.59. The predicted octanol–water partition coefficient (Wildman–Crippen LogP) is 1.56. The van der Waals surface area contributed by atoms with Gasteiger partial charge in [-0.05, 0) is 36.0 Å². The van der Waals surface area contributed by atoms with E-state index in [0.29, 0.717) is 5.69 Å². The number of anilines is 1. The number of alkyl halides is 1. The molecule has 6 N–H and O–H groups in total. The van der Waals surface area contributed by atoms with Crippen molar-refractivity contribution < 1.29 is 61.7 Å². The van der Waals surface area contributed by atoms with E-state index in [9.17, 15) is 47.4 Å². The van der Waals surface area contributed by atoms with E-state index in [0.717, 1.165) is 25.9 Å². The second kappa shape index (κ2) is 21.9. The summed E-state index contributed by atoms with van der Waals surface area (Å²) in [5.74, 6) is -8.25. The second-order valence-electron chi connectivity index (χ2n) is 14.4. The number of allylic oxidation sites excluding steroid dienone is 3. The molecule has 5 amide bonds. The summed E-state index contributed by atoms with van der Waals surface area (Å²) in [6, 6.07) is 1.09. The number of carbonyl (C=O) groups excluding carboxylic acids is 7. The van der Waals surface area contributed by atoms with E-state index < -0.39 is 121 Å². The topological polar surface area (TPSA) is 228 Å². The maximum Gasteiger partial charge on any atom is 0.313 e. The van der Waals surface area contributed by atoms with Gasteiger partial charge in [0.15, 0.2) is 12.1 Å². The molecule has 0 aliphatic heterocycles. The summed E-state index contributed by atoms with van der Waals surface area (Å²) in [5, 5.41) is 22.0. The highest BCUT2D eigenvalue weighted by Crippen LogP contribution is 2.29. The van der Waals surface area contributed by atoms with Gasteiger partial charge >= 0.3 is 17.8 Å². The summed E-state index contributed by atoms with van der Waals surface area (Å²) in [5.41, 5.74) is 0.428. The van der Waals surface area contributed by atoms with Gasteiger partial charge in [-0.25, -0.2) is 8.78 Å². The Morgan fingerprint density at radius 3 is 2.14 bits per heavy atom. The number of hydrogen-bond acceptors (Lipinski definition) is 11. The Hall–Kier alpha value is -5.07. The fraction of sp³-hybridized carbons (Fsp3) is 0.553. The van der Waals surface area contributed by atoms with Crippen LogP contribution in [0.1, 0.15) is 66.4 Å². The first-order valence-electron chi connectivity index (χ1n) is 17.9. The first kappa shape index (κ1) is 47.1. The average molecular weight is 794 g/mol. The number of nitrogens with one attached hydrogen (secondary N) is 5. The van der Waals surface area contributed by atoms with E-state index in [2.05, 4.69) is 31.3 Å². The Balaban J connectivity index is 2.13. The zero-order valence-electron chi connectivity index (χ0n) is 32.8. The standard InChI is InChI=1S/C38H53F2N5O11/c1-20(2)32(45-34(50)28(17-31(48)55-8)44-37(53)36(52)42-26-15-10-9-12-23(26)38(4,5)6)35(51)41-21(3)33(49)43-27(16-30(47)54-7)29(46)19-56-18-22-24(39)13-11-14-25(22)40/h9-13,15,20-21,25,27-28,30,32,47H,14,16-19H2,1-8H3,(H,41,51)(H,42,52)(H,43,49)(H,44,53)(H,45,50)/t21-,25?,27?,28-,30?,32-/m0/s1. The van der Waals surface area contributed by atoms with E-state index >= 15 is 0 Å². The first-order valence-corrected chi connectivity index (χ1v) is 17.9. The van der Waals surface area contributed by atoms with E-state index in [1.165, 1.54) is 13.0 Å². The van der Waals surface area contributed by atoms with Crippen LogP contribution in [0, 0.1) is 5.92 Å². The van der Waals surface area contributed by atoms with Crippen molar-refractivity contribution in [3.63, 3.8) is 0 Å². The third-order valence-electron chi connectivity index (χ3n) is 8.62. The number of hydrogen-bond donors (Lipinski definition) is 6. The van der Waals surface area contributed by atoms with Crippen LogP contribution in [-0.2, 0) is 53.2 Å². The molecule has 3 unspecified atom stereocenters. The molecule has 56 heavy (non-hydrogen) atoms. The number of rotatable bonds is 19. The molecule has 1 aromatic rings. The summed E-state index contributed by atoms with van der Waals surface area (Å²) in [4.78, 5) is 91.1. The van der Waals surface area contributed by atoms with Crippen LogP contribution in [-0.4, -0.2) is 110 Å². The molecule has 310 valence electrons. The molecule has 18 heteroatoms. The Morgan fingerprint density at radius 2 is 1.55 bits per heavy atom.